The molecule has 1 aliphatic heterocycles. The summed E-state index contributed by atoms with van der Waals surface area (Å²) >= 11 is 0. The molecule has 6 heteroatoms. The predicted molar refractivity (Wildman–Crippen MR) is 111 cm³/mol. The van der Waals surface area contributed by atoms with Crippen molar-refractivity contribution in [1.29, 1.82) is 5.41 Å². The van der Waals surface area contributed by atoms with E-state index in [0.29, 0.717) is 31.4 Å². The average molecular weight is 383 g/mol. The number of fused-ring (bicyclic) bond motifs is 2. The van der Waals surface area contributed by atoms with Crippen LogP contribution in [-0.4, -0.2) is 31.9 Å². The zero-order valence-electron chi connectivity index (χ0n) is 16.6. The third-order valence-electron chi connectivity index (χ3n) is 5.98. The third kappa shape index (κ3) is 3.86. The molecule has 1 fully saturated rings. The predicted octanol–water partition coefficient (Wildman–Crippen LogP) is 3.29. The fourth-order valence-electron chi connectivity index (χ4n) is 4.50. The van der Waals surface area contributed by atoms with Gasteiger partial charge in [0.05, 0.1) is 6.61 Å². The molecule has 1 aromatic rings. The SMILES string of the molecule is CC1CN/C(=C(\C=N)CCNC(=O)Nc2c3c(cc4c2CCC4)CCC3)OC1. The molecule has 2 aliphatic carbocycles. The highest BCUT2D eigenvalue weighted by Crippen LogP contribution is 2.38. The van der Waals surface area contributed by atoms with Crippen LogP contribution in [0.25, 0.3) is 0 Å². The van der Waals surface area contributed by atoms with Gasteiger partial charge in [-0.15, -0.1) is 0 Å². The van der Waals surface area contributed by atoms with Crippen molar-refractivity contribution in [3.63, 3.8) is 0 Å². The van der Waals surface area contributed by atoms with Crippen molar-refractivity contribution >= 4 is 17.9 Å². The van der Waals surface area contributed by atoms with Gasteiger partial charge in [-0.1, -0.05) is 13.0 Å². The zero-order chi connectivity index (χ0) is 19.5. The van der Waals surface area contributed by atoms with E-state index in [2.05, 4.69) is 28.9 Å². The van der Waals surface area contributed by atoms with Gasteiger partial charge in [-0.2, -0.15) is 0 Å². The van der Waals surface area contributed by atoms with Crippen molar-refractivity contribution in [3.05, 3.63) is 39.8 Å². The molecule has 150 valence electrons. The molecular weight excluding hydrogens is 352 g/mol. The van der Waals surface area contributed by atoms with E-state index >= 15 is 0 Å². The number of nitrogens with one attached hydrogen (secondary N) is 4. The molecule has 0 radical (unpaired) electrons. The second-order valence-corrected chi connectivity index (χ2v) is 8.16. The molecule has 0 bridgehead atoms. The number of ether oxygens (including phenoxy) is 1. The normalized spacial score (nSPS) is 21.8. The second-order valence-electron chi connectivity index (χ2n) is 8.16. The van der Waals surface area contributed by atoms with E-state index in [4.69, 9.17) is 10.1 Å². The van der Waals surface area contributed by atoms with Crippen molar-refractivity contribution in [2.24, 2.45) is 5.92 Å². The first-order valence-corrected chi connectivity index (χ1v) is 10.5. The summed E-state index contributed by atoms with van der Waals surface area (Å²) in [6.45, 7) is 4.11. The molecule has 0 spiro atoms. The first kappa shape index (κ1) is 18.8. The van der Waals surface area contributed by atoms with Crippen LogP contribution in [0, 0.1) is 11.3 Å². The molecule has 0 aromatic heterocycles. The summed E-state index contributed by atoms with van der Waals surface area (Å²) < 4.78 is 5.69. The molecular formula is C22H30N4O2. The van der Waals surface area contributed by atoms with Crippen LogP contribution in [0.2, 0.25) is 0 Å². The van der Waals surface area contributed by atoms with Gasteiger partial charge in [0.1, 0.15) is 0 Å². The van der Waals surface area contributed by atoms with Gasteiger partial charge in [-0.05, 0) is 67.2 Å². The standard InChI is InChI=1S/C22H30N4O2/c1-14-12-25-21(28-13-14)17(11-23)8-9-24-22(27)26-20-18-6-2-4-15(18)10-16-5-3-7-19(16)20/h10-11,14,23,25H,2-9,12-13H2,1H3,(H2,24,26,27)/b21-17+,23-11?. The van der Waals surface area contributed by atoms with Crippen molar-refractivity contribution in [2.45, 2.75) is 51.9 Å². The molecule has 4 N–H and O–H groups in total. The number of urea groups is 1. The van der Waals surface area contributed by atoms with Crippen molar-refractivity contribution in [3.8, 4) is 0 Å². The van der Waals surface area contributed by atoms with E-state index in [1.165, 1.54) is 41.3 Å². The number of benzene rings is 1. The molecule has 3 aliphatic rings. The molecule has 1 saturated heterocycles. The molecule has 1 aromatic carbocycles. The molecule has 2 amide bonds. The highest BCUT2D eigenvalue weighted by Gasteiger charge is 2.25. The van der Waals surface area contributed by atoms with Crippen LogP contribution in [0.15, 0.2) is 17.5 Å². The van der Waals surface area contributed by atoms with E-state index in [1.54, 1.807) is 0 Å². The van der Waals surface area contributed by atoms with Crippen molar-refractivity contribution in [1.82, 2.24) is 10.6 Å². The maximum Gasteiger partial charge on any atom is 0.319 e. The topological polar surface area (TPSA) is 86.2 Å². The summed E-state index contributed by atoms with van der Waals surface area (Å²) in [6.07, 6.45) is 8.61. The fourth-order valence-corrected chi connectivity index (χ4v) is 4.50. The number of hydrogen-bond acceptors (Lipinski definition) is 4. The Labute approximate surface area is 166 Å². The Morgan fingerprint density at radius 2 is 1.96 bits per heavy atom. The van der Waals surface area contributed by atoms with E-state index in [0.717, 1.165) is 43.5 Å². The summed E-state index contributed by atoms with van der Waals surface area (Å²) in [5.41, 5.74) is 7.37. The van der Waals surface area contributed by atoms with Gasteiger partial charge in [0, 0.05) is 36.5 Å². The van der Waals surface area contributed by atoms with Gasteiger partial charge in [0.25, 0.3) is 0 Å². The number of hydrogen-bond donors (Lipinski definition) is 4. The van der Waals surface area contributed by atoms with Gasteiger partial charge in [0.2, 0.25) is 0 Å². The zero-order valence-corrected chi connectivity index (χ0v) is 16.6. The molecule has 6 nitrogen and oxygen atoms in total. The van der Waals surface area contributed by atoms with Gasteiger partial charge < -0.3 is 26.1 Å². The third-order valence-corrected chi connectivity index (χ3v) is 5.98. The molecule has 4 rings (SSSR count). The van der Waals surface area contributed by atoms with Crippen molar-refractivity contribution in [2.75, 3.05) is 25.0 Å². The number of carbonyl (C=O) groups is 1. The lowest BCUT2D eigenvalue weighted by Crippen LogP contribution is -2.34. The Morgan fingerprint density at radius 1 is 1.25 bits per heavy atom. The summed E-state index contributed by atoms with van der Waals surface area (Å²) in [5, 5.41) is 17.0. The Hall–Kier alpha value is -2.50. The number of carbonyl (C=O) groups excluding carboxylic acids is 1. The lowest BCUT2D eigenvalue weighted by molar-refractivity contribution is 0.115. The average Bonchev–Trinajstić information content (AvgIpc) is 3.35. The number of aryl methyl sites for hydroxylation is 2. The maximum atomic E-state index is 12.6. The van der Waals surface area contributed by atoms with E-state index in [-0.39, 0.29) is 6.03 Å². The van der Waals surface area contributed by atoms with Crippen LogP contribution in [0.5, 0.6) is 0 Å². The molecule has 1 atom stereocenters. The minimum Gasteiger partial charge on any atom is -0.479 e. The lowest BCUT2D eigenvalue weighted by atomic mass is 9.99. The summed E-state index contributed by atoms with van der Waals surface area (Å²) in [4.78, 5) is 12.6. The molecule has 1 heterocycles. The van der Waals surface area contributed by atoms with Crippen LogP contribution >= 0.6 is 0 Å². The Kier molecular flexibility index (Phi) is 5.55. The number of rotatable bonds is 5. The fraction of sp³-hybridized carbons (Fsp3) is 0.545. The minimum absolute atomic E-state index is 0.158. The molecule has 28 heavy (non-hydrogen) atoms. The van der Waals surface area contributed by atoms with Gasteiger partial charge >= 0.3 is 6.03 Å². The minimum atomic E-state index is -0.158. The maximum absolute atomic E-state index is 12.6. The lowest BCUT2D eigenvalue weighted by Gasteiger charge is -2.25. The van der Waals surface area contributed by atoms with Gasteiger partial charge in [-0.3, -0.25) is 0 Å². The largest absolute Gasteiger partial charge is 0.479 e. The van der Waals surface area contributed by atoms with E-state index in [9.17, 15) is 4.79 Å². The van der Waals surface area contributed by atoms with Crippen LogP contribution in [-0.2, 0) is 30.4 Å². The monoisotopic (exact) mass is 382 g/mol. The Morgan fingerprint density at radius 3 is 2.57 bits per heavy atom. The number of anilines is 1. The second kappa shape index (κ2) is 8.25. The van der Waals surface area contributed by atoms with Crippen LogP contribution in [0.1, 0.15) is 48.4 Å². The Balaban J connectivity index is 1.37. The van der Waals surface area contributed by atoms with Crippen molar-refractivity contribution < 1.29 is 9.53 Å². The van der Waals surface area contributed by atoms with Crippen LogP contribution in [0.3, 0.4) is 0 Å². The smallest absolute Gasteiger partial charge is 0.319 e. The van der Waals surface area contributed by atoms with E-state index < -0.39 is 0 Å². The van der Waals surface area contributed by atoms with Gasteiger partial charge in [-0.25, -0.2) is 4.79 Å². The van der Waals surface area contributed by atoms with Gasteiger partial charge in [0.15, 0.2) is 5.88 Å². The van der Waals surface area contributed by atoms with E-state index in [1.807, 2.05) is 0 Å². The highest BCUT2D eigenvalue weighted by atomic mass is 16.5. The molecule has 0 saturated carbocycles. The summed E-state index contributed by atoms with van der Waals surface area (Å²) in [6, 6.07) is 2.21. The summed E-state index contributed by atoms with van der Waals surface area (Å²) in [7, 11) is 0. The summed E-state index contributed by atoms with van der Waals surface area (Å²) in [5.74, 6) is 1.14. The molecule has 1 unspecified atom stereocenters. The first-order valence-electron chi connectivity index (χ1n) is 10.5. The number of amides is 2. The first-order chi connectivity index (χ1) is 13.7. The Bertz CT molecular complexity index is 773. The van der Waals surface area contributed by atoms with Crippen LogP contribution in [0.4, 0.5) is 10.5 Å². The quantitative estimate of drug-likeness (QED) is 0.590. The van der Waals surface area contributed by atoms with Crippen LogP contribution < -0.4 is 16.0 Å². The highest BCUT2D eigenvalue weighted by molar-refractivity contribution is 5.92.